The summed E-state index contributed by atoms with van der Waals surface area (Å²) in [4.78, 5) is 36.4. The Kier molecular flexibility index (Phi) is 7.09. The standard InChI is InChI=1S/C17H17N2O8P.CH3B/c20-8-12-7-19(17(22)18-16(12)21)15-6-5-13(26-15)10-25-28(23)24-9-11-3-1-2-4-14(11)27-28;1-2/h1-4,7-8,13,15H,5-6,9-10H2,(H,18,21,22);1H3. The number of carbonyl (C=O) groups excluding carboxylic acids is 1. The van der Waals surface area contributed by atoms with Crippen LogP contribution in [0.3, 0.4) is 0 Å². The number of benzene rings is 1. The van der Waals surface area contributed by atoms with E-state index in [4.69, 9.17) is 18.3 Å². The van der Waals surface area contributed by atoms with Gasteiger partial charge in [0.05, 0.1) is 32.7 Å². The number of hydrogen-bond acceptors (Lipinski definition) is 8. The van der Waals surface area contributed by atoms with Crippen molar-refractivity contribution in [3.05, 3.63) is 62.4 Å². The number of fused-ring (bicyclic) bond motifs is 1. The summed E-state index contributed by atoms with van der Waals surface area (Å²) in [6, 6.07) is 7.07. The first-order valence-electron chi connectivity index (χ1n) is 9.18. The Morgan fingerprint density at radius 3 is 2.83 bits per heavy atom. The minimum Gasteiger partial charge on any atom is -0.404 e. The Balaban J connectivity index is 0.00000124. The van der Waals surface area contributed by atoms with E-state index < -0.39 is 31.4 Å². The van der Waals surface area contributed by atoms with Crippen LogP contribution in [0.15, 0.2) is 40.1 Å². The van der Waals surface area contributed by atoms with Crippen molar-refractivity contribution in [2.45, 2.75) is 38.6 Å². The van der Waals surface area contributed by atoms with Crippen LogP contribution >= 0.6 is 7.82 Å². The summed E-state index contributed by atoms with van der Waals surface area (Å²) in [5, 5.41) is 0. The molecule has 4 rings (SSSR count). The normalized spacial score (nSPS) is 24.8. The molecule has 12 heteroatoms. The molecule has 0 bridgehead atoms. The summed E-state index contributed by atoms with van der Waals surface area (Å²) in [5.41, 5.74) is -0.821. The number of carbonyl (C=O) groups is 1. The lowest BCUT2D eigenvalue weighted by molar-refractivity contribution is -0.0264. The maximum atomic E-state index is 12.6. The average molecular weight is 434 g/mol. The highest BCUT2D eigenvalue weighted by Crippen LogP contribution is 2.54. The molecule has 1 N–H and O–H groups in total. The summed E-state index contributed by atoms with van der Waals surface area (Å²) in [6.45, 7) is 1.55. The molecule has 1 aromatic carbocycles. The first-order chi connectivity index (χ1) is 14.5. The molecule has 158 valence electrons. The first kappa shape index (κ1) is 22.2. The second-order valence-corrected chi connectivity index (χ2v) is 7.97. The highest BCUT2D eigenvalue weighted by Gasteiger charge is 2.36. The number of nitrogens with one attached hydrogen (secondary N) is 1. The van der Waals surface area contributed by atoms with E-state index in [0.717, 1.165) is 16.3 Å². The van der Waals surface area contributed by atoms with Crippen LogP contribution in [0.2, 0.25) is 6.82 Å². The van der Waals surface area contributed by atoms with Crippen molar-refractivity contribution < 1.29 is 27.7 Å². The number of phosphoric acid groups is 1. The Bertz CT molecular complexity index is 1070. The van der Waals surface area contributed by atoms with Gasteiger partial charge in [-0.1, -0.05) is 25.0 Å². The molecule has 3 unspecified atom stereocenters. The predicted molar refractivity (Wildman–Crippen MR) is 107 cm³/mol. The van der Waals surface area contributed by atoms with Crippen LogP contribution in [0.4, 0.5) is 0 Å². The highest BCUT2D eigenvalue weighted by atomic mass is 31.2. The lowest BCUT2D eigenvalue weighted by atomic mass is 10.2. The number of para-hydroxylation sites is 1. The molecule has 0 saturated carbocycles. The van der Waals surface area contributed by atoms with E-state index in [2.05, 4.69) is 12.8 Å². The van der Waals surface area contributed by atoms with E-state index >= 15 is 0 Å². The molecule has 1 aromatic heterocycles. The number of hydrogen-bond donors (Lipinski definition) is 1. The number of phosphoric ester groups is 1. The Morgan fingerprint density at radius 1 is 1.30 bits per heavy atom. The summed E-state index contributed by atoms with van der Waals surface area (Å²) in [7, 11) is 0.739. The zero-order valence-electron chi connectivity index (χ0n) is 16.2. The van der Waals surface area contributed by atoms with Gasteiger partial charge >= 0.3 is 13.5 Å². The van der Waals surface area contributed by atoms with Crippen LogP contribution in [0.25, 0.3) is 0 Å². The maximum Gasteiger partial charge on any atom is 0.530 e. The fourth-order valence-corrected chi connectivity index (χ4v) is 4.30. The van der Waals surface area contributed by atoms with Gasteiger partial charge < -0.3 is 9.26 Å². The summed E-state index contributed by atoms with van der Waals surface area (Å²) < 4.78 is 35.5. The SMILES string of the molecule is O=Cc1cn(C2CCC(COP3(=O)OCc4ccccc4O3)O2)c(=O)[nH]c1=O.[B]C. The van der Waals surface area contributed by atoms with Crippen molar-refractivity contribution in [2.75, 3.05) is 6.61 Å². The molecule has 0 aliphatic carbocycles. The highest BCUT2D eigenvalue weighted by molar-refractivity contribution is 7.49. The Hall–Kier alpha value is -2.46. The molecule has 1 fully saturated rings. The van der Waals surface area contributed by atoms with Gasteiger partial charge in [-0.25, -0.2) is 9.36 Å². The second kappa shape index (κ2) is 9.57. The number of H-pyrrole nitrogens is 1. The van der Waals surface area contributed by atoms with E-state index in [1.807, 2.05) is 6.07 Å². The molecule has 2 aliphatic heterocycles. The lowest BCUT2D eigenvalue weighted by Crippen LogP contribution is -2.34. The van der Waals surface area contributed by atoms with Gasteiger partial charge in [0.15, 0.2) is 6.29 Å². The first-order valence-corrected chi connectivity index (χ1v) is 10.6. The van der Waals surface area contributed by atoms with Gasteiger partial charge in [0.1, 0.15) is 12.0 Å². The largest absolute Gasteiger partial charge is 0.530 e. The third-order valence-corrected chi connectivity index (χ3v) is 5.83. The number of aromatic amines is 1. The van der Waals surface area contributed by atoms with Gasteiger partial charge in [-0.15, -0.1) is 0 Å². The van der Waals surface area contributed by atoms with Crippen molar-refractivity contribution in [1.29, 1.82) is 0 Å². The van der Waals surface area contributed by atoms with E-state index in [0.29, 0.717) is 24.9 Å². The Morgan fingerprint density at radius 2 is 2.07 bits per heavy atom. The van der Waals surface area contributed by atoms with Gasteiger partial charge in [-0.3, -0.25) is 28.2 Å². The molecule has 0 spiro atoms. The molecule has 10 nitrogen and oxygen atoms in total. The zero-order valence-corrected chi connectivity index (χ0v) is 17.1. The third kappa shape index (κ3) is 4.81. The molecule has 2 aliphatic rings. The lowest BCUT2D eigenvalue weighted by Gasteiger charge is -2.25. The molecular weight excluding hydrogens is 414 g/mol. The number of aromatic nitrogens is 2. The molecule has 2 radical (unpaired) electrons. The number of aldehydes is 1. The number of ether oxygens (including phenoxy) is 1. The van der Waals surface area contributed by atoms with Gasteiger partial charge in [-0.2, -0.15) is 0 Å². The molecule has 3 heterocycles. The van der Waals surface area contributed by atoms with Crippen molar-refractivity contribution in [2.24, 2.45) is 0 Å². The van der Waals surface area contributed by atoms with Crippen molar-refractivity contribution in [1.82, 2.24) is 9.55 Å². The van der Waals surface area contributed by atoms with E-state index in [1.165, 1.54) is 6.82 Å². The smallest absolute Gasteiger partial charge is 0.404 e. The molecule has 3 atom stereocenters. The van der Waals surface area contributed by atoms with E-state index in [1.54, 1.807) is 18.2 Å². The fourth-order valence-electron chi connectivity index (χ4n) is 3.06. The second-order valence-electron chi connectivity index (χ2n) is 6.37. The van der Waals surface area contributed by atoms with Gasteiger partial charge in [0.25, 0.3) is 5.56 Å². The van der Waals surface area contributed by atoms with Gasteiger partial charge in [-0.05, 0) is 18.9 Å². The topological polar surface area (TPSA) is 126 Å². The minimum atomic E-state index is -3.76. The van der Waals surface area contributed by atoms with Crippen LogP contribution < -0.4 is 15.8 Å². The fraction of sp³-hybridized carbons (Fsp3) is 0.389. The van der Waals surface area contributed by atoms with Crippen LogP contribution in [0, 0.1) is 0 Å². The van der Waals surface area contributed by atoms with Crippen molar-refractivity contribution in [3.8, 4) is 5.75 Å². The average Bonchev–Trinajstić information content (AvgIpc) is 3.23. The number of rotatable bonds is 5. The molecule has 0 amide bonds. The quantitative estimate of drug-likeness (QED) is 0.430. The van der Waals surface area contributed by atoms with Gasteiger partial charge in [0.2, 0.25) is 0 Å². The molecule has 2 aromatic rings. The maximum absolute atomic E-state index is 12.6. The zero-order chi connectivity index (χ0) is 21.7. The summed E-state index contributed by atoms with van der Waals surface area (Å²) in [5.74, 6) is 0.448. The monoisotopic (exact) mass is 434 g/mol. The molecule has 1 saturated heterocycles. The minimum absolute atomic E-state index is 0.0609. The summed E-state index contributed by atoms with van der Waals surface area (Å²) in [6.07, 6.45) is 1.36. The van der Waals surface area contributed by atoms with Gasteiger partial charge in [0, 0.05) is 11.8 Å². The summed E-state index contributed by atoms with van der Waals surface area (Å²) >= 11 is 0. The van der Waals surface area contributed by atoms with E-state index in [-0.39, 0.29) is 18.8 Å². The Labute approximate surface area is 173 Å². The molecular formula is C18H20BN2O8P. The van der Waals surface area contributed by atoms with Crippen molar-refractivity contribution in [3.63, 3.8) is 0 Å². The predicted octanol–water partition coefficient (Wildman–Crippen LogP) is 1.96. The van der Waals surface area contributed by atoms with Crippen LogP contribution in [-0.2, 0) is 25.0 Å². The van der Waals surface area contributed by atoms with Crippen LogP contribution in [0.1, 0.15) is 35.0 Å². The van der Waals surface area contributed by atoms with Crippen LogP contribution in [-0.4, -0.2) is 36.4 Å². The number of nitrogens with zero attached hydrogens (tertiary/aromatic N) is 1. The van der Waals surface area contributed by atoms with Crippen molar-refractivity contribution >= 4 is 22.0 Å². The van der Waals surface area contributed by atoms with E-state index in [9.17, 15) is 18.9 Å². The third-order valence-electron chi connectivity index (χ3n) is 4.50. The molecule has 30 heavy (non-hydrogen) atoms. The van der Waals surface area contributed by atoms with Crippen LogP contribution in [0.5, 0.6) is 5.75 Å².